The fraction of sp³-hybridized carbons (Fsp3) is 0.417. The number of hydrogen-bond donors (Lipinski definition) is 1. The summed E-state index contributed by atoms with van der Waals surface area (Å²) in [4.78, 5) is 24.6. The second-order valence-corrected chi connectivity index (χ2v) is 7.61. The maximum Gasteiger partial charge on any atom is 0.347 e. The van der Waals surface area contributed by atoms with Gasteiger partial charge in [-0.15, -0.1) is 0 Å². The molecule has 29 heavy (non-hydrogen) atoms. The minimum Gasteiger partial charge on any atom is -0.479 e. The Morgan fingerprint density at radius 1 is 0.897 bits per heavy atom. The van der Waals surface area contributed by atoms with Gasteiger partial charge in [-0.3, -0.25) is 4.79 Å². The molecule has 2 aromatic rings. The van der Waals surface area contributed by atoms with Crippen LogP contribution in [0, 0.1) is 0 Å². The molecule has 0 saturated carbocycles. The molecule has 156 valence electrons. The Bertz CT molecular complexity index is 814. The zero-order valence-corrected chi connectivity index (χ0v) is 18.1. The van der Waals surface area contributed by atoms with Gasteiger partial charge in [0.15, 0.2) is 6.10 Å². The molecule has 0 radical (unpaired) electrons. The number of benzene rings is 2. The Morgan fingerprint density at radius 3 is 1.93 bits per heavy atom. The average Bonchev–Trinajstić information content (AvgIpc) is 2.68. The van der Waals surface area contributed by atoms with Crippen LogP contribution in [0.25, 0.3) is 0 Å². The lowest BCUT2D eigenvalue weighted by Crippen LogP contribution is -2.26. The van der Waals surface area contributed by atoms with Gasteiger partial charge in [0.05, 0.1) is 6.61 Å². The SMILES string of the molecule is CCOC(=O)C(C)Oc1ccc(C(=O)Nc2c(C(C)C)cccc2C(C)C)cc1. The van der Waals surface area contributed by atoms with Crippen LogP contribution in [0.2, 0.25) is 0 Å². The fourth-order valence-electron chi connectivity index (χ4n) is 3.08. The van der Waals surface area contributed by atoms with Crippen LogP contribution >= 0.6 is 0 Å². The molecule has 1 N–H and O–H groups in total. The van der Waals surface area contributed by atoms with Crippen molar-refractivity contribution in [1.82, 2.24) is 0 Å². The molecule has 2 aromatic carbocycles. The van der Waals surface area contributed by atoms with Crippen LogP contribution in [0.1, 0.15) is 74.9 Å². The third-order valence-electron chi connectivity index (χ3n) is 4.66. The lowest BCUT2D eigenvalue weighted by molar-refractivity contribution is -0.150. The molecule has 0 heterocycles. The summed E-state index contributed by atoms with van der Waals surface area (Å²) in [5.74, 6) is 0.506. The highest BCUT2D eigenvalue weighted by molar-refractivity contribution is 6.05. The summed E-state index contributed by atoms with van der Waals surface area (Å²) in [5.41, 5.74) is 3.65. The van der Waals surface area contributed by atoms with Crippen molar-refractivity contribution < 1.29 is 19.1 Å². The predicted octanol–water partition coefficient (Wildman–Crippen LogP) is 5.52. The van der Waals surface area contributed by atoms with Crippen molar-refractivity contribution in [2.24, 2.45) is 0 Å². The van der Waals surface area contributed by atoms with Crippen LogP contribution in [0.5, 0.6) is 5.75 Å². The summed E-state index contributed by atoms with van der Waals surface area (Å²) in [6.07, 6.45) is -0.707. The molecule has 0 fully saturated rings. The van der Waals surface area contributed by atoms with Gasteiger partial charge in [-0.05, 0) is 61.1 Å². The number of esters is 1. The monoisotopic (exact) mass is 397 g/mol. The molecule has 0 aliphatic carbocycles. The maximum atomic E-state index is 12.9. The summed E-state index contributed by atoms with van der Waals surface area (Å²) in [5, 5.41) is 3.10. The summed E-state index contributed by atoms with van der Waals surface area (Å²) < 4.78 is 10.5. The first-order chi connectivity index (χ1) is 13.7. The van der Waals surface area contributed by atoms with Crippen molar-refractivity contribution in [2.45, 2.75) is 59.5 Å². The number of para-hydroxylation sites is 1. The minimum atomic E-state index is -0.707. The van der Waals surface area contributed by atoms with Crippen molar-refractivity contribution in [1.29, 1.82) is 0 Å². The molecule has 0 spiro atoms. The summed E-state index contributed by atoms with van der Waals surface area (Å²) in [6, 6.07) is 12.9. The van der Waals surface area contributed by atoms with Gasteiger partial charge in [0.25, 0.3) is 5.91 Å². The average molecular weight is 398 g/mol. The normalized spacial score (nSPS) is 12.0. The Balaban J connectivity index is 2.17. The van der Waals surface area contributed by atoms with E-state index < -0.39 is 12.1 Å². The van der Waals surface area contributed by atoms with E-state index in [0.717, 1.165) is 16.8 Å². The molecule has 1 atom stereocenters. The number of anilines is 1. The fourth-order valence-corrected chi connectivity index (χ4v) is 3.08. The second kappa shape index (κ2) is 10.1. The topological polar surface area (TPSA) is 64.6 Å². The Kier molecular flexibility index (Phi) is 7.82. The molecule has 2 rings (SSSR count). The molecule has 0 aliphatic heterocycles. The third-order valence-corrected chi connectivity index (χ3v) is 4.66. The molecule has 1 amide bonds. The number of nitrogens with one attached hydrogen (secondary N) is 1. The lowest BCUT2D eigenvalue weighted by atomic mass is 9.92. The molecule has 1 unspecified atom stereocenters. The van der Waals surface area contributed by atoms with Crippen LogP contribution < -0.4 is 10.1 Å². The predicted molar refractivity (Wildman–Crippen MR) is 116 cm³/mol. The third kappa shape index (κ3) is 5.83. The number of hydrogen-bond acceptors (Lipinski definition) is 4. The molecule has 0 aliphatic rings. The molecule has 0 bridgehead atoms. The highest BCUT2D eigenvalue weighted by Gasteiger charge is 2.18. The van der Waals surface area contributed by atoms with E-state index in [1.54, 1.807) is 38.1 Å². The summed E-state index contributed by atoms with van der Waals surface area (Å²) >= 11 is 0. The molecular formula is C24H31NO4. The van der Waals surface area contributed by atoms with Crippen LogP contribution in [0.15, 0.2) is 42.5 Å². The summed E-state index contributed by atoms with van der Waals surface area (Å²) in [6.45, 7) is 12.2. The minimum absolute atomic E-state index is 0.176. The van der Waals surface area contributed by atoms with E-state index in [0.29, 0.717) is 29.8 Å². The van der Waals surface area contributed by atoms with Gasteiger partial charge in [-0.25, -0.2) is 4.79 Å². The summed E-state index contributed by atoms with van der Waals surface area (Å²) in [7, 11) is 0. The van der Waals surface area contributed by atoms with Crippen molar-refractivity contribution in [3.05, 3.63) is 59.2 Å². The van der Waals surface area contributed by atoms with Crippen molar-refractivity contribution in [3.63, 3.8) is 0 Å². The molecule has 0 saturated heterocycles. The first-order valence-electron chi connectivity index (χ1n) is 10.1. The van der Waals surface area contributed by atoms with Gasteiger partial charge in [0.1, 0.15) is 5.75 Å². The number of amides is 1. The zero-order valence-electron chi connectivity index (χ0n) is 18.1. The Morgan fingerprint density at radius 2 is 1.45 bits per heavy atom. The zero-order chi connectivity index (χ0) is 21.6. The van der Waals surface area contributed by atoms with Gasteiger partial charge in [-0.2, -0.15) is 0 Å². The molecule has 5 heteroatoms. The first-order valence-corrected chi connectivity index (χ1v) is 10.1. The Labute approximate surface area is 173 Å². The lowest BCUT2D eigenvalue weighted by Gasteiger charge is -2.20. The van der Waals surface area contributed by atoms with Crippen molar-refractivity contribution in [2.75, 3.05) is 11.9 Å². The Hall–Kier alpha value is -2.82. The van der Waals surface area contributed by atoms with E-state index in [1.807, 2.05) is 6.07 Å². The largest absolute Gasteiger partial charge is 0.479 e. The smallest absolute Gasteiger partial charge is 0.347 e. The van der Waals surface area contributed by atoms with Gasteiger partial charge in [-0.1, -0.05) is 45.9 Å². The second-order valence-electron chi connectivity index (χ2n) is 7.61. The van der Waals surface area contributed by atoms with Gasteiger partial charge < -0.3 is 14.8 Å². The highest BCUT2D eigenvalue weighted by Crippen LogP contribution is 2.32. The number of rotatable bonds is 8. The van der Waals surface area contributed by atoms with Crippen LogP contribution in [-0.2, 0) is 9.53 Å². The quantitative estimate of drug-likeness (QED) is 0.596. The molecule has 0 aromatic heterocycles. The van der Waals surface area contributed by atoms with Crippen LogP contribution in [0.3, 0.4) is 0 Å². The van der Waals surface area contributed by atoms with Gasteiger partial charge in [0.2, 0.25) is 0 Å². The van der Waals surface area contributed by atoms with Gasteiger partial charge in [0, 0.05) is 11.3 Å². The number of carbonyl (C=O) groups is 2. The van der Waals surface area contributed by atoms with Crippen LogP contribution in [-0.4, -0.2) is 24.6 Å². The van der Waals surface area contributed by atoms with Crippen LogP contribution in [0.4, 0.5) is 5.69 Å². The van der Waals surface area contributed by atoms with Crippen molar-refractivity contribution in [3.8, 4) is 5.75 Å². The van der Waals surface area contributed by atoms with E-state index >= 15 is 0 Å². The molecule has 5 nitrogen and oxygen atoms in total. The van der Waals surface area contributed by atoms with Gasteiger partial charge >= 0.3 is 5.97 Å². The number of carbonyl (C=O) groups excluding carboxylic acids is 2. The maximum absolute atomic E-state index is 12.9. The standard InChI is InChI=1S/C24H31NO4/c1-7-28-24(27)17(6)29-19-13-11-18(12-14-19)23(26)25-22-20(15(2)3)9-8-10-21(22)16(4)5/h8-17H,7H2,1-6H3,(H,25,26). The highest BCUT2D eigenvalue weighted by atomic mass is 16.6. The van der Waals surface area contributed by atoms with Crippen molar-refractivity contribution >= 4 is 17.6 Å². The van der Waals surface area contributed by atoms with E-state index in [-0.39, 0.29) is 5.91 Å². The van der Waals surface area contributed by atoms with E-state index in [2.05, 4.69) is 45.1 Å². The molecular weight excluding hydrogens is 366 g/mol. The van der Waals surface area contributed by atoms with E-state index in [4.69, 9.17) is 9.47 Å². The first kappa shape index (κ1) is 22.5. The number of ether oxygens (including phenoxy) is 2. The van der Waals surface area contributed by atoms with E-state index in [1.165, 1.54) is 0 Å². The van der Waals surface area contributed by atoms with E-state index in [9.17, 15) is 9.59 Å².